The number of pyridine rings is 1. The van der Waals surface area contributed by atoms with Crippen LogP contribution in [0.5, 0.6) is 5.75 Å². The second-order valence-electron chi connectivity index (χ2n) is 6.58. The lowest BCUT2D eigenvalue weighted by Gasteiger charge is -2.35. The normalized spacial score (nSPS) is 15.4. The van der Waals surface area contributed by atoms with Gasteiger partial charge in [-0.3, -0.25) is 14.7 Å². The Morgan fingerprint density at radius 2 is 1.88 bits per heavy atom. The molecule has 2 heterocycles. The summed E-state index contributed by atoms with van der Waals surface area (Å²) in [6.45, 7) is 8.13. The predicted octanol–water partition coefficient (Wildman–Crippen LogP) is 2.83. The van der Waals surface area contributed by atoms with Crippen LogP contribution in [0.15, 0.2) is 48.8 Å². The van der Waals surface area contributed by atoms with Crippen molar-refractivity contribution in [3.05, 3.63) is 59.9 Å². The molecule has 3 rings (SSSR count). The average molecular weight is 339 g/mol. The number of hydrogen-bond acceptors (Lipinski definition) is 4. The van der Waals surface area contributed by atoms with E-state index in [-0.39, 0.29) is 12.0 Å². The highest BCUT2D eigenvalue weighted by molar-refractivity contribution is 5.93. The molecule has 1 aromatic heterocycles. The molecule has 1 aliphatic heterocycles. The molecular weight excluding hydrogens is 314 g/mol. The van der Waals surface area contributed by atoms with Gasteiger partial charge in [-0.25, -0.2) is 0 Å². The minimum absolute atomic E-state index is 0.0660. The Hall–Kier alpha value is -2.40. The fourth-order valence-corrected chi connectivity index (χ4v) is 3.03. The van der Waals surface area contributed by atoms with Crippen LogP contribution in [0.3, 0.4) is 0 Å². The second kappa shape index (κ2) is 8.12. The molecule has 0 N–H and O–H groups in total. The zero-order valence-corrected chi connectivity index (χ0v) is 14.9. The lowest BCUT2D eigenvalue weighted by atomic mass is 10.1. The number of nitrogens with zero attached hydrogens (tertiary/aromatic N) is 3. The Labute approximate surface area is 149 Å². The highest BCUT2D eigenvalue weighted by Crippen LogP contribution is 2.22. The summed E-state index contributed by atoms with van der Waals surface area (Å²) in [6, 6.07) is 11.8. The van der Waals surface area contributed by atoms with E-state index in [0.717, 1.165) is 38.5 Å². The fourth-order valence-electron chi connectivity index (χ4n) is 3.03. The zero-order chi connectivity index (χ0) is 17.6. The first-order valence-electron chi connectivity index (χ1n) is 8.79. The van der Waals surface area contributed by atoms with Gasteiger partial charge in [-0.1, -0.05) is 18.2 Å². The molecular formula is C20H25N3O2. The van der Waals surface area contributed by atoms with E-state index in [4.69, 9.17) is 4.74 Å². The number of carbonyl (C=O) groups is 1. The third kappa shape index (κ3) is 4.57. The quantitative estimate of drug-likeness (QED) is 0.840. The highest BCUT2D eigenvalue weighted by Gasteiger charge is 2.22. The van der Waals surface area contributed by atoms with Gasteiger partial charge in [0.25, 0.3) is 5.91 Å². The summed E-state index contributed by atoms with van der Waals surface area (Å²) < 4.78 is 5.91. The third-order valence-electron chi connectivity index (χ3n) is 4.30. The summed E-state index contributed by atoms with van der Waals surface area (Å²) in [7, 11) is 0. The van der Waals surface area contributed by atoms with Crippen molar-refractivity contribution in [2.45, 2.75) is 26.5 Å². The number of aromatic nitrogens is 1. The van der Waals surface area contributed by atoms with Gasteiger partial charge < -0.3 is 9.64 Å². The van der Waals surface area contributed by atoms with Crippen molar-refractivity contribution in [3.8, 4) is 5.75 Å². The van der Waals surface area contributed by atoms with Gasteiger partial charge in [0.2, 0.25) is 0 Å². The number of carbonyl (C=O) groups excluding carboxylic acids is 1. The van der Waals surface area contributed by atoms with Crippen LogP contribution in [0, 0.1) is 0 Å². The van der Waals surface area contributed by atoms with Gasteiger partial charge in [-0.2, -0.15) is 0 Å². The van der Waals surface area contributed by atoms with Gasteiger partial charge in [-0.15, -0.1) is 0 Å². The molecule has 1 saturated heterocycles. The average Bonchev–Trinajstić information content (AvgIpc) is 2.64. The Bertz CT molecular complexity index is 695. The Kier molecular flexibility index (Phi) is 5.66. The van der Waals surface area contributed by atoms with Crippen molar-refractivity contribution in [1.82, 2.24) is 14.8 Å². The molecule has 2 aromatic rings. The predicted molar refractivity (Wildman–Crippen MR) is 97.6 cm³/mol. The molecule has 25 heavy (non-hydrogen) atoms. The van der Waals surface area contributed by atoms with E-state index >= 15 is 0 Å². The summed E-state index contributed by atoms with van der Waals surface area (Å²) in [5, 5.41) is 0. The SMILES string of the molecule is CC(C)Oc1ccccc1CN1CCN(C(=O)c2cccnc2)CC1. The van der Waals surface area contributed by atoms with Crippen LogP contribution in [-0.4, -0.2) is 53.0 Å². The molecule has 0 unspecified atom stereocenters. The van der Waals surface area contributed by atoms with Gasteiger partial charge in [0, 0.05) is 50.7 Å². The maximum atomic E-state index is 12.5. The number of hydrogen-bond donors (Lipinski definition) is 0. The van der Waals surface area contributed by atoms with Crippen LogP contribution in [0.25, 0.3) is 0 Å². The number of para-hydroxylation sites is 1. The van der Waals surface area contributed by atoms with Crippen molar-refractivity contribution < 1.29 is 9.53 Å². The second-order valence-corrected chi connectivity index (χ2v) is 6.58. The maximum Gasteiger partial charge on any atom is 0.255 e. The number of rotatable bonds is 5. The van der Waals surface area contributed by atoms with Crippen LogP contribution in [0.4, 0.5) is 0 Å². The summed E-state index contributed by atoms with van der Waals surface area (Å²) in [5.74, 6) is 1.02. The van der Waals surface area contributed by atoms with Crippen molar-refractivity contribution in [1.29, 1.82) is 0 Å². The number of piperazine rings is 1. The Balaban J connectivity index is 1.57. The molecule has 0 aliphatic carbocycles. The molecule has 1 amide bonds. The molecule has 1 aromatic carbocycles. The molecule has 1 fully saturated rings. The van der Waals surface area contributed by atoms with Gasteiger partial charge >= 0.3 is 0 Å². The molecule has 0 radical (unpaired) electrons. The number of benzene rings is 1. The van der Waals surface area contributed by atoms with Gasteiger partial charge in [0.1, 0.15) is 5.75 Å². The van der Waals surface area contributed by atoms with Crippen molar-refractivity contribution in [2.24, 2.45) is 0 Å². The number of amides is 1. The summed E-state index contributed by atoms with van der Waals surface area (Å²) >= 11 is 0. The molecule has 0 atom stereocenters. The first-order valence-corrected chi connectivity index (χ1v) is 8.79. The molecule has 0 spiro atoms. The van der Waals surface area contributed by atoms with Crippen LogP contribution in [0.2, 0.25) is 0 Å². The molecule has 5 heteroatoms. The standard InChI is InChI=1S/C20H25N3O2/c1-16(2)25-19-8-4-3-6-18(19)15-22-10-12-23(13-11-22)20(24)17-7-5-9-21-14-17/h3-9,14,16H,10-13,15H2,1-2H3. The summed E-state index contributed by atoms with van der Waals surface area (Å²) in [5.41, 5.74) is 1.86. The van der Waals surface area contributed by atoms with Crippen LogP contribution >= 0.6 is 0 Å². The minimum atomic E-state index is 0.0660. The Morgan fingerprint density at radius 1 is 1.12 bits per heavy atom. The lowest BCUT2D eigenvalue weighted by molar-refractivity contribution is 0.0626. The van der Waals surface area contributed by atoms with E-state index in [9.17, 15) is 4.79 Å². The van der Waals surface area contributed by atoms with E-state index in [1.54, 1.807) is 18.5 Å². The van der Waals surface area contributed by atoms with Crippen molar-refractivity contribution in [2.75, 3.05) is 26.2 Å². The minimum Gasteiger partial charge on any atom is -0.491 e. The summed E-state index contributed by atoms with van der Waals surface area (Å²) in [6.07, 6.45) is 3.48. The lowest BCUT2D eigenvalue weighted by Crippen LogP contribution is -2.48. The molecule has 0 saturated carbocycles. The van der Waals surface area contributed by atoms with E-state index in [0.29, 0.717) is 5.56 Å². The van der Waals surface area contributed by atoms with E-state index in [1.807, 2.05) is 43.0 Å². The highest BCUT2D eigenvalue weighted by atomic mass is 16.5. The maximum absolute atomic E-state index is 12.5. The fraction of sp³-hybridized carbons (Fsp3) is 0.400. The topological polar surface area (TPSA) is 45.7 Å². The molecule has 132 valence electrons. The van der Waals surface area contributed by atoms with E-state index in [2.05, 4.69) is 16.0 Å². The van der Waals surface area contributed by atoms with Crippen LogP contribution < -0.4 is 4.74 Å². The van der Waals surface area contributed by atoms with Crippen LogP contribution in [-0.2, 0) is 6.54 Å². The van der Waals surface area contributed by atoms with E-state index in [1.165, 1.54) is 5.56 Å². The van der Waals surface area contributed by atoms with Gasteiger partial charge in [0.15, 0.2) is 0 Å². The first kappa shape index (κ1) is 17.4. The molecule has 5 nitrogen and oxygen atoms in total. The monoisotopic (exact) mass is 339 g/mol. The third-order valence-corrected chi connectivity index (χ3v) is 4.30. The summed E-state index contributed by atoms with van der Waals surface area (Å²) in [4.78, 5) is 20.8. The van der Waals surface area contributed by atoms with Crippen molar-refractivity contribution in [3.63, 3.8) is 0 Å². The number of ether oxygens (including phenoxy) is 1. The molecule has 0 bridgehead atoms. The Morgan fingerprint density at radius 3 is 2.56 bits per heavy atom. The van der Waals surface area contributed by atoms with Gasteiger partial charge in [0.05, 0.1) is 11.7 Å². The smallest absolute Gasteiger partial charge is 0.255 e. The van der Waals surface area contributed by atoms with Crippen molar-refractivity contribution >= 4 is 5.91 Å². The van der Waals surface area contributed by atoms with Gasteiger partial charge in [-0.05, 0) is 32.0 Å². The first-order chi connectivity index (χ1) is 12.1. The largest absolute Gasteiger partial charge is 0.491 e. The molecule has 1 aliphatic rings. The zero-order valence-electron chi connectivity index (χ0n) is 14.9. The van der Waals surface area contributed by atoms with Crippen LogP contribution in [0.1, 0.15) is 29.8 Å². The van der Waals surface area contributed by atoms with E-state index < -0.39 is 0 Å².